The van der Waals surface area contributed by atoms with Crippen LogP contribution in [0.3, 0.4) is 0 Å². The van der Waals surface area contributed by atoms with Gasteiger partial charge in [0.2, 0.25) is 0 Å². The first-order valence-corrected chi connectivity index (χ1v) is 7.98. The van der Waals surface area contributed by atoms with Crippen LogP contribution < -0.4 is 10.5 Å². The Morgan fingerprint density at radius 1 is 1.12 bits per heavy atom. The highest BCUT2D eigenvalue weighted by molar-refractivity contribution is 5.97. The first kappa shape index (κ1) is 17.5. The van der Waals surface area contributed by atoms with Crippen LogP contribution in [0.1, 0.15) is 23.0 Å². The Balaban J connectivity index is 2.17. The third-order valence-electron chi connectivity index (χ3n) is 3.97. The summed E-state index contributed by atoms with van der Waals surface area (Å²) in [5, 5.41) is 0. The van der Waals surface area contributed by atoms with Gasteiger partial charge in [0.15, 0.2) is 0 Å². The van der Waals surface area contributed by atoms with E-state index in [4.69, 9.17) is 10.5 Å². The van der Waals surface area contributed by atoms with E-state index in [1.807, 2.05) is 13.0 Å². The van der Waals surface area contributed by atoms with E-state index >= 15 is 0 Å². The molecule has 2 aromatic heterocycles. The minimum Gasteiger partial charge on any atom is -0.496 e. The molecule has 2 heterocycles. The minimum atomic E-state index is -0.647. The molecule has 7 heteroatoms. The van der Waals surface area contributed by atoms with Gasteiger partial charge < -0.3 is 10.5 Å². The second-order valence-corrected chi connectivity index (χ2v) is 5.59. The Morgan fingerprint density at radius 3 is 2.50 bits per heavy atom. The van der Waals surface area contributed by atoms with Crippen LogP contribution >= 0.6 is 0 Å². The van der Waals surface area contributed by atoms with Crippen molar-refractivity contribution in [3.05, 3.63) is 59.9 Å². The summed E-state index contributed by atoms with van der Waals surface area (Å²) in [6.07, 6.45) is 3.70. The zero-order valence-corrected chi connectivity index (χ0v) is 14.4. The summed E-state index contributed by atoms with van der Waals surface area (Å²) in [5.41, 5.74) is 8.43. The van der Waals surface area contributed by atoms with E-state index in [0.29, 0.717) is 28.3 Å². The van der Waals surface area contributed by atoms with Crippen LogP contribution in [0.15, 0.2) is 42.9 Å². The number of amides is 1. The largest absolute Gasteiger partial charge is 0.496 e. The molecule has 2 N–H and O–H groups in total. The lowest BCUT2D eigenvalue weighted by molar-refractivity contribution is 0.0996. The van der Waals surface area contributed by atoms with Crippen molar-refractivity contribution < 1.29 is 13.9 Å². The second kappa shape index (κ2) is 7.26. The highest BCUT2D eigenvalue weighted by Crippen LogP contribution is 2.31. The van der Waals surface area contributed by atoms with Crippen molar-refractivity contribution in [2.45, 2.75) is 13.3 Å². The van der Waals surface area contributed by atoms with E-state index in [2.05, 4.69) is 15.0 Å². The first-order valence-electron chi connectivity index (χ1n) is 7.98. The maximum absolute atomic E-state index is 13.7. The molecule has 0 unspecified atom stereocenters. The van der Waals surface area contributed by atoms with Crippen LogP contribution in [0.5, 0.6) is 5.75 Å². The number of methoxy groups -OCH3 is 1. The molecule has 132 valence electrons. The van der Waals surface area contributed by atoms with Crippen LogP contribution in [-0.2, 0) is 6.42 Å². The molecule has 0 radical (unpaired) electrons. The second-order valence-electron chi connectivity index (χ2n) is 5.59. The molecule has 0 fully saturated rings. The number of hydrogen-bond donors (Lipinski definition) is 1. The number of hydrogen-bond acceptors (Lipinski definition) is 5. The van der Waals surface area contributed by atoms with Crippen molar-refractivity contribution in [1.29, 1.82) is 0 Å². The van der Waals surface area contributed by atoms with E-state index < -0.39 is 11.7 Å². The zero-order chi connectivity index (χ0) is 18.7. The molecule has 0 bridgehead atoms. The van der Waals surface area contributed by atoms with Gasteiger partial charge in [-0.05, 0) is 42.3 Å². The number of benzene rings is 1. The quantitative estimate of drug-likeness (QED) is 0.762. The Morgan fingerprint density at radius 2 is 1.85 bits per heavy atom. The summed E-state index contributed by atoms with van der Waals surface area (Å²) in [7, 11) is 1.50. The summed E-state index contributed by atoms with van der Waals surface area (Å²) < 4.78 is 19.0. The molecule has 0 aliphatic rings. The van der Waals surface area contributed by atoms with Gasteiger partial charge in [-0.1, -0.05) is 6.92 Å². The van der Waals surface area contributed by atoms with Crippen molar-refractivity contribution >= 4 is 5.91 Å². The summed E-state index contributed by atoms with van der Waals surface area (Å²) in [6, 6.07) is 7.65. The van der Waals surface area contributed by atoms with Crippen molar-refractivity contribution in [2.24, 2.45) is 5.73 Å². The molecular weight excluding hydrogens is 335 g/mol. The van der Waals surface area contributed by atoms with E-state index in [1.165, 1.54) is 31.6 Å². The van der Waals surface area contributed by atoms with Crippen molar-refractivity contribution in [3.8, 4) is 28.3 Å². The van der Waals surface area contributed by atoms with Gasteiger partial charge >= 0.3 is 0 Å². The number of halogens is 1. The van der Waals surface area contributed by atoms with Crippen molar-refractivity contribution in [1.82, 2.24) is 15.0 Å². The lowest BCUT2D eigenvalue weighted by atomic mass is 10.0. The smallest absolute Gasteiger partial charge is 0.268 e. The summed E-state index contributed by atoms with van der Waals surface area (Å²) in [5.74, 6) is -0.578. The Kier molecular flexibility index (Phi) is 4.88. The maximum Gasteiger partial charge on any atom is 0.268 e. The summed E-state index contributed by atoms with van der Waals surface area (Å²) in [6.45, 7) is 1.98. The fraction of sp³-hybridized carbons (Fsp3) is 0.158. The Hall–Kier alpha value is -3.35. The SMILES string of the molecule is CCc1cnc(C(N)=O)c(-c2cc(-c3cc(F)ccc3OC)ncn2)c1. The molecule has 1 amide bonds. The fourth-order valence-corrected chi connectivity index (χ4v) is 2.63. The van der Waals surface area contributed by atoms with Gasteiger partial charge in [0.1, 0.15) is 23.6 Å². The molecule has 0 spiro atoms. The molecule has 6 nitrogen and oxygen atoms in total. The summed E-state index contributed by atoms with van der Waals surface area (Å²) >= 11 is 0. The molecular formula is C19H17FN4O2. The Bertz CT molecular complexity index is 976. The predicted octanol–water partition coefficient (Wildman–Crippen LogP) is 3.01. The van der Waals surface area contributed by atoms with E-state index in [9.17, 15) is 9.18 Å². The molecule has 0 aliphatic heterocycles. The molecule has 0 atom stereocenters. The molecule has 0 aliphatic carbocycles. The topological polar surface area (TPSA) is 91.0 Å². The third-order valence-corrected chi connectivity index (χ3v) is 3.97. The average Bonchev–Trinajstić information content (AvgIpc) is 2.67. The number of carbonyl (C=O) groups excluding carboxylic acids is 1. The standard InChI is InChI=1S/C19H17FN4O2/c1-3-11-6-14(18(19(21)25)22-9-11)16-8-15(23-10-24-16)13-7-12(20)4-5-17(13)26-2/h4-10H,3H2,1-2H3,(H2,21,25). The number of rotatable bonds is 5. The van der Waals surface area contributed by atoms with Crippen molar-refractivity contribution in [2.75, 3.05) is 7.11 Å². The van der Waals surface area contributed by atoms with Crippen LogP contribution in [0.25, 0.3) is 22.5 Å². The van der Waals surface area contributed by atoms with Gasteiger partial charge in [-0.2, -0.15) is 0 Å². The van der Waals surface area contributed by atoms with Crippen LogP contribution in [0.4, 0.5) is 4.39 Å². The van der Waals surface area contributed by atoms with Gasteiger partial charge in [-0.3, -0.25) is 9.78 Å². The lowest BCUT2D eigenvalue weighted by Gasteiger charge is -2.11. The molecule has 0 saturated carbocycles. The number of nitrogens with zero attached hydrogens (tertiary/aromatic N) is 3. The third kappa shape index (κ3) is 3.37. The minimum absolute atomic E-state index is 0.123. The lowest BCUT2D eigenvalue weighted by Crippen LogP contribution is -2.15. The molecule has 1 aromatic carbocycles. The van der Waals surface area contributed by atoms with Crippen LogP contribution in [0, 0.1) is 5.82 Å². The van der Waals surface area contributed by atoms with Gasteiger partial charge in [0.25, 0.3) is 5.91 Å². The van der Waals surface area contributed by atoms with Crippen LogP contribution in [-0.4, -0.2) is 28.0 Å². The molecule has 26 heavy (non-hydrogen) atoms. The van der Waals surface area contributed by atoms with E-state index in [-0.39, 0.29) is 5.69 Å². The number of carbonyl (C=O) groups is 1. The predicted molar refractivity (Wildman–Crippen MR) is 95.1 cm³/mol. The summed E-state index contributed by atoms with van der Waals surface area (Å²) in [4.78, 5) is 24.3. The maximum atomic E-state index is 13.7. The zero-order valence-electron chi connectivity index (χ0n) is 14.4. The van der Waals surface area contributed by atoms with Crippen LogP contribution in [0.2, 0.25) is 0 Å². The fourth-order valence-electron chi connectivity index (χ4n) is 2.63. The van der Waals surface area contributed by atoms with Gasteiger partial charge in [-0.25, -0.2) is 14.4 Å². The normalized spacial score (nSPS) is 10.6. The van der Waals surface area contributed by atoms with E-state index in [1.54, 1.807) is 12.3 Å². The molecule has 0 saturated heterocycles. The first-order chi connectivity index (χ1) is 12.5. The number of aryl methyl sites for hydroxylation is 1. The molecule has 3 aromatic rings. The highest BCUT2D eigenvalue weighted by Gasteiger charge is 2.16. The number of primary amides is 1. The number of ether oxygens (including phenoxy) is 1. The average molecular weight is 352 g/mol. The monoisotopic (exact) mass is 352 g/mol. The molecule has 3 rings (SSSR count). The number of pyridine rings is 1. The van der Waals surface area contributed by atoms with Crippen molar-refractivity contribution in [3.63, 3.8) is 0 Å². The Labute approximate surface area is 149 Å². The number of nitrogens with two attached hydrogens (primary N) is 1. The highest BCUT2D eigenvalue weighted by atomic mass is 19.1. The van der Waals surface area contributed by atoms with E-state index in [0.717, 1.165) is 12.0 Å². The number of aromatic nitrogens is 3. The van der Waals surface area contributed by atoms with Gasteiger partial charge in [0.05, 0.1) is 18.5 Å². The van der Waals surface area contributed by atoms with Gasteiger partial charge in [0, 0.05) is 17.3 Å². The van der Waals surface area contributed by atoms with Gasteiger partial charge in [-0.15, -0.1) is 0 Å².